The molecule has 10 heteroatoms. The lowest BCUT2D eigenvalue weighted by molar-refractivity contribution is 0.0946. The number of imidazole rings is 1. The van der Waals surface area contributed by atoms with Crippen LogP contribution in [0.15, 0.2) is 53.6 Å². The minimum Gasteiger partial charge on any atom is -0.493 e. The second-order valence-electron chi connectivity index (χ2n) is 8.84. The Morgan fingerprint density at radius 1 is 1.14 bits per heavy atom. The standard InChI is InChI=1S/C25H28N6O4/c1-6-34-20-11-16(7-8-19(20)33-5)13-27-22(32)18-14-31(15-28-18)21-12-17(9-10-26-21)23-29-24(30-35-23)25(2,3)4/h7-12,14-15H,6,13H2,1-5H3,(H,27,32). The number of rotatable bonds is 8. The number of hydrogen-bond acceptors (Lipinski definition) is 8. The zero-order valence-electron chi connectivity index (χ0n) is 20.4. The van der Waals surface area contributed by atoms with Crippen molar-refractivity contribution in [2.24, 2.45) is 0 Å². The van der Waals surface area contributed by atoms with Gasteiger partial charge in [-0.25, -0.2) is 9.97 Å². The van der Waals surface area contributed by atoms with E-state index in [9.17, 15) is 4.79 Å². The van der Waals surface area contributed by atoms with Gasteiger partial charge in [-0.05, 0) is 36.8 Å². The molecule has 10 nitrogen and oxygen atoms in total. The van der Waals surface area contributed by atoms with Gasteiger partial charge in [-0.2, -0.15) is 4.98 Å². The third-order valence-corrected chi connectivity index (χ3v) is 5.15. The van der Waals surface area contributed by atoms with Crippen molar-refractivity contribution in [1.29, 1.82) is 0 Å². The van der Waals surface area contributed by atoms with E-state index in [1.54, 1.807) is 36.2 Å². The highest BCUT2D eigenvalue weighted by molar-refractivity contribution is 5.92. The summed E-state index contributed by atoms with van der Waals surface area (Å²) in [6.07, 6.45) is 4.80. The van der Waals surface area contributed by atoms with Gasteiger partial charge in [0.2, 0.25) is 0 Å². The minimum atomic E-state index is -0.305. The molecule has 0 aliphatic rings. The van der Waals surface area contributed by atoms with Crippen LogP contribution in [0.1, 0.15) is 49.6 Å². The molecule has 35 heavy (non-hydrogen) atoms. The molecule has 1 N–H and O–H groups in total. The van der Waals surface area contributed by atoms with Gasteiger partial charge in [-0.15, -0.1) is 0 Å². The topological polar surface area (TPSA) is 117 Å². The maximum absolute atomic E-state index is 12.7. The van der Waals surface area contributed by atoms with Gasteiger partial charge >= 0.3 is 0 Å². The third-order valence-electron chi connectivity index (χ3n) is 5.15. The number of benzene rings is 1. The fourth-order valence-electron chi connectivity index (χ4n) is 3.28. The summed E-state index contributed by atoms with van der Waals surface area (Å²) in [6, 6.07) is 9.13. The number of methoxy groups -OCH3 is 1. The number of aromatic nitrogens is 5. The first-order valence-electron chi connectivity index (χ1n) is 11.2. The number of carbonyl (C=O) groups is 1. The Kier molecular flexibility index (Phi) is 6.81. The van der Waals surface area contributed by atoms with Crippen molar-refractivity contribution in [2.45, 2.75) is 39.7 Å². The Hall–Kier alpha value is -4.21. The SMILES string of the molecule is CCOc1cc(CNC(=O)c2cn(-c3cc(-c4nc(C(C)(C)C)no4)ccn3)cn2)ccc1OC. The minimum absolute atomic E-state index is 0.222. The highest BCUT2D eigenvalue weighted by Crippen LogP contribution is 2.28. The van der Waals surface area contributed by atoms with Crippen LogP contribution >= 0.6 is 0 Å². The van der Waals surface area contributed by atoms with E-state index in [0.29, 0.717) is 42.2 Å². The van der Waals surface area contributed by atoms with Gasteiger partial charge in [0.05, 0.1) is 13.7 Å². The van der Waals surface area contributed by atoms with E-state index >= 15 is 0 Å². The van der Waals surface area contributed by atoms with E-state index in [-0.39, 0.29) is 17.0 Å². The highest BCUT2D eigenvalue weighted by atomic mass is 16.5. The summed E-state index contributed by atoms with van der Waals surface area (Å²) >= 11 is 0. The van der Waals surface area contributed by atoms with Crippen LogP contribution in [-0.4, -0.2) is 44.3 Å². The molecule has 0 saturated heterocycles. The molecule has 182 valence electrons. The van der Waals surface area contributed by atoms with Crippen molar-refractivity contribution < 1.29 is 18.8 Å². The van der Waals surface area contributed by atoms with Crippen molar-refractivity contribution in [1.82, 2.24) is 30.0 Å². The molecule has 3 aromatic heterocycles. The van der Waals surface area contributed by atoms with Gasteiger partial charge < -0.3 is 19.3 Å². The first-order chi connectivity index (χ1) is 16.8. The van der Waals surface area contributed by atoms with Gasteiger partial charge in [-0.1, -0.05) is 32.0 Å². The molecule has 0 radical (unpaired) electrons. The van der Waals surface area contributed by atoms with E-state index < -0.39 is 0 Å². The van der Waals surface area contributed by atoms with E-state index in [1.807, 2.05) is 45.9 Å². The summed E-state index contributed by atoms with van der Waals surface area (Å²) < 4.78 is 18.0. The quantitative estimate of drug-likeness (QED) is 0.406. The average Bonchev–Trinajstić information content (AvgIpc) is 3.54. The molecule has 0 atom stereocenters. The van der Waals surface area contributed by atoms with Crippen LogP contribution in [0.3, 0.4) is 0 Å². The lowest BCUT2D eigenvalue weighted by Gasteiger charge is -2.11. The highest BCUT2D eigenvalue weighted by Gasteiger charge is 2.22. The van der Waals surface area contributed by atoms with Gasteiger partial charge in [0, 0.05) is 29.9 Å². The smallest absolute Gasteiger partial charge is 0.271 e. The number of nitrogens with zero attached hydrogens (tertiary/aromatic N) is 5. The first kappa shape index (κ1) is 23.9. The van der Waals surface area contributed by atoms with Crippen LogP contribution in [0.5, 0.6) is 11.5 Å². The van der Waals surface area contributed by atoms with Crippen LogP contribution in [0, 0.1) is 0 Å². The Morgan fingerprint density at radius 3 is 2.69 bits per heavy atom. The predicted molar refractivity (Wildman–Crippen MR) is 129 cm³/mol. The van der Waals surface area contributed by atoms with Crippen LogP contribution in [0.4, 0.5) is 0 Å². The number of carbonyl (C=O) groups excluding carboxylic acids is 1. The van der Waals surface area contributed by atoms with Crippen molar-refractivity contribution in [2.75, 3.05) is 13.7 Å². The fourth-order valence-corrected chi connectivity index (χ4v) is 3.28. The number of amides is 1. The predicted octanol–water partition coefficient (Wildman–Crippen LogP) is 3.95. The summed E-state index contributed by atoms with van der Waals surface area (Å²) in [6.45, 7) is 8.79. The second-order valence-corrected chi connectivity index (χ2v) is 8.84. The summed E-state index contributed by atoms with van der Waals surface area (Å²) in [5.74, 6) is 2.57. The van der Waals surface area contributed by atoms with Gasteiger partial charge in [0.1, 0.15) is 17.8 Å². The largest absolute Gasteiger partial charge is 0.493 e. The molecular formula is C25H28N6O4. The normalized spacial score (nSPS) is 11.3. The Labute approximate surface area is 203 Å². The van der Waals surface area contributed by atoms with E-state index in [0.717, 1.165) is 11.1 Å². The molecule has 3 heterocycles. The summed E-state index contributed by atoms with van der Waals surface area (Å²) in [5, 5.41) is 6.95. The van der Waals surface area contributed by atoms with Crippen molar-refractivity contribution in [3.63, 3.8) is 0 Å². The van der Waals surface area contributed by atoms with E-state index in [4.69, 9.17) is 14.0 Å². The Balaban J connectivity index is 1.46. The maximum atomic E-state index is 12.7. The molecule has 4 rings (SSSR count). The average molecular weight is 477 g/mol. The number of pyridine rings is 1. The van der Waals surface area contributed by atoms with Crippen molar-refractivity contribution >= 4 is 5.91 Å². The zero-order valence-corrected chi connectivity index (χ0v) is 20.4. The molecule has 0 fully saturated rings. The lowest BCUT2D eigenvalue weighted by atomic mass is 9.96. The molecule has 1 amide bonds. The number of hydrogen-bond donors (Lipinski definition) is 1. The molecule has 0 saturated carbocycles. The third kappa shape index (κ3) is 5.48. The molecule has 1 aromatic carbocycles. The molecule has 0 spiro atoms. The molecule has 0 aliphatic carbocycles. The number of nitrogens with one attached hydrogen (secondary N) is 1. The Bertz CT molecular complexity index is 1320. The lowest BCUT2D eigenvalue weighted by Crippen LogP contribution is -2.23. The summed E-state index contributed by atoms with van der Waals surface area (Å²) in [5.41, 5.74) is 1.65. The number of ether oxygens (including phenoxy) is 2. The Morgan fingerprint density at radius 2 is 1.97 bits per heavy atom. The van der Waals surface area contributed by atoms with Crippen molar-refractivity contribution in [3.05, 3.63) is 66.1 Å². The van der Waals surface area contributed by atoms with Gasteiger partial charge in [0.15, 0.2) is 17.3 Å². The second kappa shape index (κ2) is 9.96. The molecular weight excluding hydrogens is 448 g/mol. The van der Waals surface area contributed by atoms with Gasteiger partial charge in [-0.3, -0.25) is 9.36 Å². The molecule has 0 bridgehead atoms. The van der Waals surface area contributed by atoms with Crippen molar-refractivity contribution in [3.8, 4) is 28.8 Å². The van der Waals surface area contributed by atoms with Crippen LogP contribution in [0.2, 0.25) is 0 Å². The van der Waals surface area contributed by atoms with Crippen LogP contribution in [0.25, 0.3) is 17.3 Å². The summed E-state index contributed by atoms with van der Waals surface area (Å²) in [4.78, 5) is 25.8. The molecule has 0 aliphatic heterocycles. The molecule has 0 unspecified atom stereocenters. The van der Waals surface area contributed by atoms with E-state index in [2.05, 4.69) is 25.4 Å². The zero-order chi connectivity index (χ0) is 25.0. The first-order valence-corrected chi connectivity index (χ1v) is 11.2. The van der Waals surface area contributed by atoms with Crippen LogP contribution in [-0.2, 0) is 12.0 Å². The monoisotopic (exact) mass is 476 g/mol. The van der Waals surface area contributed by atoms with E-state index in [1.165, 1.54) is 6.33 Å². The maximum Gasteiger partial charge on any atom is 0.271 e. The summed E-state index contributed by atoms with van der Waals surface area (Å²) in [7, 11) is 1.59. The molecule has 4 aromatic rings. The van der Waals surface area contributed by atoms with Gasteiger partial charge in [0.25, 0.3) is 11.8 Å². The fraction of sp³-hybridized carbons (Fsp3) is 0.320. The van der Waals surface area contributed by atoms with Crippen LogP contribution < -0.4 is 14.8 Å².